The van der Waals surface area contributed by atoms with E-state index in [2.05, 4.69) is 4.98 Å². The number of hydrazine groups is 1. The number of nitrogens with zero attached hydrogens (tertiary/aromatic N) is 1. The van der Waals surface area contributed by atoms with E-state index in [9.17, 15) is 8.78 Å². The minimum absolute atomic E-state index is 0.263. The van der Waals surface area contributed by atoms with Crippen LogP contribution in [0.1, 0.15) is 5.56 Å². The zero-order valence-corrected chi connectivity index (χ0v) is 10.9. The molecule has 106 valence electrons. The predicted octanol–water partition coefficient (Wildman–Crippen LogP) is 2.75. The number of benzene rings is 1. The second kappa shape index (κ2) is 5.70. The highest BCUT2D eigenvalue weighted by atomic mass is 19.1. The van der Waals surface area contributed by atoms with Gasteiger partial charge in [-0.15, -0.1) is 0 Å². The van der Waals surface area contributed by atoms with Crippen LogP contribution in [0.25, 0.3) is 0 Å². The van der Waals surface area contributed by atoms with Gasteiger partial charge in [0.25, 0.3) is 5.88 Å². The van der Waals surface area contributed by atoms with Crippen molar-refractivity contribution < 1.29 is 18.3 Å². The topological polar surface area (TPSA) is 69.4 Å². The second-order valence-corrected chi connectivity index (χ2v) is 4.01. The smallest absolute Gasteiger partial charge is 0.258 e. The number of nitrogens with one attached hydrogen (secondary N) is 1. The average molecular weight is 281 g/mol. The number of pyridine rings is 1. The molecule has 0 radical (unpaired) electrons. The molecule has 0 bridgehead atoms. The first-order valence-corrected chi connectivity index (χ1v) is 5.70. The predicted molar refractivity (Wildman–Crippen MR) is 69.8 cm³/mol. The Morgan fingerprint density at radius 3 is 2.55 bits per heavy atom. The molecule has 0 aliphatic rings. The van der Waals surface area contributed by atoms with Crippen molar-refractivity contribution in [3.8, 4) is 17.4 Å². The SMILES string of the molecule is COc1cc(C)ccc1Oc1nc(NN)c(F)cc1F. The lowest BCUT2D eigenvalue weighted by Crippen LogP contribution is -2.11. The third-order valence-electron chi connectivity index (χ3n) is 2.56. The van der Waals surface area contributed by atoms with Gasteiger partial charge in [-0.25, -0.2) is 14.6 Å². The lowest BCUT2D eigenvalue weighted by Gasteiger charge is -2.11. The van der Waals surface area contributed by atoms with Crippen molar-refractivity contribution in [3.05, 3.63) is 41.5 Å². The molecule has 0 fully saturated rings. The van der Waals surface area contributed by atoms with E-state index >= 15 is 0 Å². The molecule has 20 heavy (non-hydrogen) atoms. The van der Waals surface area contributed by atoms with Gasteiger partial charge in [-0.1, -0.05) is 6.07 Å². The molecule has 0 spiro atoms. The number of nitrogen functional groups attached to an aromatic ring is 1. The van der Waals surface area contributed by atoms with Crippen LogP contribution in [0.15, 0.2) is 24.3 Å². The van der Waals surface area contributed by atoms with Gasteiger partial charge in [-0.05, 0) is 24.6 Å². The van der Waals surface area contributed by atoms with Gasteiger partial charge in [-0.2, -0.15) is 4.98 Å². The zero-order chi connectivity index (χ0) is 14.7. The summed E-state index contributed by atoms with van der Waals surface area (Å²) in [5, 5.41) is 0. The van der Waals surface area contributed by atoms with Crippen molar-refractivity contribution in [2.75, 3.05) is 12.5 Å². The second-order valence-electron chi connectivity index (χ2n) is 4.01. The number of halogens is 2. The van der Waals surface area contributed by atoms with E-state index in [4.69, 9.17) is 15.3 Å². The fourth-order valence-electron chi connectivity index (χ4n) is 1.59. The first-order valence-electron chi connectivity index (χ1n) is 5.70. The minimum Gasteiger partial charge on any atom is -0.493 e. The highest BCUT2D eigenvalue weighted by Crippen LogP contribution is 2.33. The number of nitrogens with two attached hydrogens (primary N) is 1. The standard InChI is InChI=1S/C13H13F2N3O2/c1-7-3-4-10(11(5-7)19-2)20-13-9(15)6-8(14)12(17-13)18-16/h3-6H,16H2,1-2H3,(H,17,18). The number of aryl methyl sites for hydroxylation is 1. The summed E-state index contributed by atoms with van der Waals surface area (Å²) >= 11 is 0. The van der Waals surface area contributed by atoms with Crippen LogP contribution in [-0.4, -0.2) is 12.1 Å². The summed E-state index contributed by atoms with van der Waals surface area (Å²) in [5.74, 6) is 3.20. The van der Waals surface area contributed by atoms with Crippen molar-refractivity contribution >= 4 is 5.82 Å². The molecule has 2 rings (SSSR count). The third kappa shape index (κ3) is 2.77. The van der Waals surface area contributed by atoms with Gasteiger partial charge in [0, 0.05) is 6.07 Å². The van der Waals surface area contributed by atoms with E-state index in [-0.39, 0.29) is 11.6 Å². The molecule has 0 aliphatic carbocycles. The normalized spacial score (nSPS) is 10.2. The molecular weight excluding hydrogens is 268 g/mol. The highest BCUT2D eigenvalue weighted by molar-refractivity contribution is 5.46. The quantitative estimate of drug-likeness (QED) is 0.666. The molecule has 2 aromatic rings. The number of hydrogen-bond donors (Lipinski definition) is 2. The van der Waals surface area contributed by atoms with E-state index in [1.165, 1.54) is 7.11 Å². The molecule has 1 aromatic carbocycles. The summed E-state index contributed by atoms with van der Waals surface area (Å²) in [5.41, 5.74) is 2.97. The third-order valence-corrected chi connectivity index (χ3v) is 2.56. The molecular formula is C13H13F2N3O2. The van der Waals surface area contributed by atoms with Crippen LogP contribution in [0.5, 0.6) is 17.4 Å². The number of methoxy groups -OCH3 is 1. The van der Waals surface area contributed by atoms with Gasteiger partial charge in [-0.3, -0.25) is 0 Å². The van der Waals surface area contributed by atoms with Crippen LogP contribution in [0.2, 0.25) is 0 Å². The number of aromatic nitrogens is 1. The highest BCUT2D eigenvalue weighted by Gasteiger charge is 2.15. The molecule has 0 amide bonds. The van der Waals surface area contributed by atoms with Gasteiger partial charge in [0.15, 0.2) is 29.0 Å². The molecule has 0 saturated heterocycles. The fourth-order valence-corrected chi connectivity index (χ4v) is 1.59. The summed E-state index contributed by atoms with van der Waals surface area (Å²) < 4.78 is 37.3. The number of hydrogen-bond acceptors (Lipinski definition) is 5. The monoisotopic (exact) mass is 281 g/mol. The maximum atomic E-state index is 13.6. The molecule has 3 N–H and O–H groups in total. The lowest BCUT2D eigenvalue weighted by molar-refractivity contribution is 0.362. The fraction of sp³-hybridized carbons (Fsp3) is 0.154. The minimum atomic E-state index is -0.941. The Balaban J connectivity index is 2.39. The average Bonchev–Trinajstić information content (AvgIpc) is 2.43. The van der Waals surface area contributed by atoms with Crippen LogP contribution in [0.4, 0.5) is 14.6 Å². The maximum Gasteiger partial charge on any atom is 0.258 e. The summed E-state index contributed by atoms with van der Waals surface area (Å²) in [6.07, 6.45) is 0. The van der Waals surface area contributed by atoms with Crippen molar-refractivity contribution in [2.45, 2.75) is 6.92 Å². The van der Waals surface area contributed by atoms with E-state index in [0.29, 0.717) is 11.8 Å². The summed E-state index contributed by atoms with van der Waals surface area (Å²) in [7, 11) is 1.46. The Morgan fingerprint density at radius 1 is 1.15 bits per heavy atom. The Bertz CT molecular complexity index is 635. The van der Waals surface area contributed by atoms with Crippen LogP contribution in [0, 0.1) is 18.6 Å². The van der Waals surface area contributed by atoms with E-state index in [1.54, 1.807) is 18.2 Å². The molecule has 7 heteroatoms. The number of rotatable bonds is 4. The van der Waals surface area contributed by atoms with E-state index in [0.717, 1.165) is 5.56 Å². The molecule has 0 aliphatic heterocycles. The molecule has 5 nitrogen and oxygen atoms in total. The molecule has 0 saturated carbocycles. The summed E-state index contributed by atoms with van der Waals surface area (Å²) in [6, 6.07) is 5.73. The van der Waals surface area contributed by atoms with Crippen molar-refractivity contribution in [2.24, 2.45) is 5.84 Å². The summed E-state index contributed by atoms with van der Waals surface area (Å²) in [4.78, 5) is 3.62. The van der Waals surface area contributed by atoms with Crippen molar-refractivity contribution in [3.63, 3.8) is 0 Å². The van der Waals surface area contributed by atoms with Crippen molar-refractivity contribution in [1.82, 2.24) is 4.98 Å². The van der Waals surface area contributed by atoms with E-state index in [1.807, 2.05) is 12.3 Å². The Labute approximate surface area is 114 Å². The molecule has 0 atom stereocenters. The largest absolute Gasteiger partial charge is 0.493 e. The first kappa shape index (κ1) is 14.0. The van der Waals surface area contributed by atoms with Crippen LogP contribution in [0.3, 0.4) is 0 Å². The van der Waals surface area contributed by atoms with Crippen molar-refractivity contribution in [1.29, 1.82) is 0 Å². The summed E-state index contributed by atoms with van der Waals surface area (Å²) in [6.45, 7) is 1.87. The van der Waals surface area contributed by atoms with Gasteiger partial charge in [0.1, 0.15) is 0 Å². The van der Waals surface area contributed by atoms with Gasteiger partial charge in [0.05, 0.1) is 7.11 Å². The van der Waals surface area contributed by atoms with Gasteiger partial charge < -0.3 is 14.9 Å². The Hall–Kier alpha value is -2.41. The van der Waals surface area contributed by atoms with Gasteiger partial charge in [0.2, 0.25) is 0 Å². The van der Waals surface area contributed by atoms with Crippen LogP contribution in [-0.2, 0) is 0 Å². The first-order chi connectivity index (χ1) is 9.55. The lowest BCUT2D eigenvalue weighted by atomic mass is 10.2. The van der Waals surface area contributed by atoms with Gasteiger partial charge >= 0.3 is 0 Å². The maximum absolute atomic E-state index is 13.6. The Kier molecular flexibility index (Phi) is 3.99. The van der Waals surface area contributed by atoms with Crippen LogP contribution < -0.4 is 20.7 Å². The van der Waals surface area contributed by atoms with E-state index < -0.39 is 17.5 Å². The number of ether oxygens (including phenoxy) is 2. The molecule has 1 aromatic heterocycles. The molecule has 1 heterocycles. The Morgan fingerprint density at radius 2 is 1.90 bits per heavy atom. The molecule has 0 unspecified atom stereocenters. The zero-order valence-electron chi connectivity index (χ0n) is 10.9. The van der Waals surface area contributed by atoms with Crippen LogP contribution >= 0.6 is 0 Å². The number of anilines is 1.